The summed E-state index contributed by atoms with van der Waals surface area (Å²) in [5.74, 6) is 0.547. The van der Waals surface area contributed by atoms with E-state index < -0.39 is 12.1 Å². The average Bonchev–Trinajstić information content (AvgIpc) is 3.23. The molecule has 1 aromatic carbocycles. The fraction of sp³-hybridized carbons (Fsp3) is 0.529. The lowest BCUT2D eigenvalue weighted by molar-refractivity contribution is -0.150. The second kappa shape index (κ2) is 5.51. The van der Waals surface area contributed by atoms with Gasteiger partial charge in [-0.25, -0.2) is 0 Å². The Hall–Kier alpha value is -1.84. The summed E-state index contributed by atoms with van der Waals surface area (Å²) >= 11 is 0. The first-order chi connectivity index (χ1) is 10.1. The molecule has 1 heterocycles. The molecule has 4 unspecified atom stereocenters. The van der Waals surface area contributed by atoms with Gasteiger partial charge >= 0.3 is 0 Å². The summed E-state index contributed by atoms with van der Waals surface area (Å²) in [6.07, 6.45) is 3.29. The molecule has 1 N–H and O–H groups in total. The van der Waals surface area contributed by atoms with E-state index in [9.17, 15) is 9.59 Å². The largest absolute Gasteiger partial charge is 0.342 e. The molecule has 4 heteroatoms. The van der Waals surface area contributed by atoms with Crippen molar-refractivity contribution in [1.82, 2.24) is 10.2 Å². The van der Waals surface area contributed by atoms with Gasteiger partial charge in [0.25, 0.3) is 0 Å². The lowest BCUT2D eigenvalue weighted by Crippen LogP contribution is -2.59. The van der Waals surface area contributed by atoms with Crippen molar-refractivity contribution >= 4 is 11.8 Å². The van der Waals surface area contributed by atoms with Gasteiger partial charge in [0.1, 0.15) is 12.1 Å². The van der Waals surface area contributed by atoms with Crippen molar-refractivity contribution in [3.8, 4) is 0 Å². The molecule has 0 bridgehead atoms. The molecule has 0 aromatic heterocycles. The Labute approximate surface area is 125 Å². The van der Waals surface area contributed by atoms with E-state index in [2.05, 4.69) is 12.2 Å². The van der Waals surface area contributed by atoms with Crippen LogP contribution in [0.1, 0.15) is 44.7 Å². The normalized spacial score (nSPS) is 32.0. The highest BCUT2D eigenvalue weighted by molar-refractivity contribution is 5.97. The van der Waals surface area contributed by atoms with Crippen LogP contribution < -0.4 is 5.32 Å². The van der Waals surface area contributed by atoms with E-state index in [1.165, 1.54) is 0 Å². The number of nitrogens with one attached hydrogen (secondary N) is 1. The molecule has 1 aliphatic carbocycles. The zero-order valence-electron chi connectivity index (χ0n) is 12.6. The third-order valence-corrected chi connectivity index (χ3v) is 4.53. The Balaban J connectivity index is 1.91. The Morgan fingerprint density at radius 2 is 1.95 bits per heavy atom. The SMILES string of the molecule is CCCC1CC1N1C(=O)C(C)NC(=O)C1c1ccccc1. The fourth-order valence-corrected chi connectivity index (χ4v) is 3.39. The van der Waals surface area contributed by atoms with Crippen LogP contribution in [0, 0.1) is 5.92 Å². The number of hydrogen-bond donors (Lipinski definition) is 1. The second-order valence-electron chi connectivity index (χ2n) is 6.14. The zero-order valence-corrected chi connectivity index (χ0v) is 12.6. The molecule has 21 heavy (non-hydrogen) atoms. The van der Waals surface area contributed by atoms with E-state index in [0.29, 0.717) is 5.92 Å². The summed E-state index contributed by atoms with van der Waals surface area (Å²) in [5.41, 5.74) is 0.900. The fourth-order valence-electron chi connectivity index (χ4n) is 3.39. The number of piperazine rings is 1. The molecule has 4 nitrogen and oxygen atoms in total. The first-order valence-electron chi connectivity index (χ1n) is 7.81. The molecule has 1 saturated carbocycles. The monoisotopic (exact) mass is 286 g/mol. The number of rotatable bonds is 4. The molecule has 1 aromatic rings. The maximum Gasteiger partial charge on any atom is 0.248 e. The summed E-state index contributed by atoms with van der Waals surface area (Å²) in [6.45, 7) is 3.93. The first kappa shape index (κ1) is 14.1. The highest BCUT2D eigenvalue weighted by Gasteiger charge is 2.51. The van der Waals surface area contributed by atoms with Crippen LogP contribution in [-0.2, 0) is 9.59 Å². The Kier molecular flexibility index (Phi) is 3.70. The summed E-state index contributed by atoms with van der Waals surface area (Å²) in [4.78, 5) is 26.9. The number of carbonyl (C=O) groups is 2. The third-order valence-electron chi connectivity index (χ3n) is 4.53. The smallest absolute Gasteiger partial charge is 0.248 e. The quantitative estimate of drug-likeness (QED) is 0.923. The van der Waals surface area contributed by atoms with Crippen LogP contribution >= 0.6 is 0 Å². The van der Waals surface area contributed by atoms with Gasteiger partial charge in [0.15, 0.2) is 0 Å². The molecular formula is C17H22N2O2. The van der Waals surface area contributed by atoms with E-state index in [-0.39, 0.29) is 17.9 Å². The van der Waals surface area contributed by atoms with E-state index >= 15 is 0 Å². The number of nitrogens with zero attached hydrogens (tertiary/aromatic N) is 1. The minimum absolute atomic E-state index is 0.0482. The molecular weight excluding hydrogens is 264 g/mol. The summed E-state index contributed by atoms with van der Waals surface area (Å²) < 4.78 is 0. The molecule has 1 aliphatic heterocycles. The third kappa shape index (κ3) is 2.55. The molecule has 3 rings (SSSR count). The van der Waals surface area contributed by atoms with Gasteiger partial charge in [-0.3, -0.25) is 9.59 Å². The molecule has 2 fully saturated rings. The van der Waals surface area contributed by atoms with Gasteiger partial charge in [-0.2, -0.15) is 0 Å². The maximum absolute atomic E-state index is 12.6. The van der Waals surface area contributed by atoms with Gasteiger partial charge in [0.05, 0.1) is 0 Å². The number of hydrogen-bond acceptors (Lipinski definition) is 2. The molecule has 112 valence electrons. The van der Waals surface area contributed by atoms with Gasteiger partial charge in [-0.15, -0.1) is 0 Å². The van der Waals surface area contributed by atoms with Crippen LogP contribution in [0.2, 0.25) is 0 Å². The summed E-state index contributed by atoms with van der Waals surface area (Å²) in [5, 5.41) is 2.81. The van der Waals surface area contributed by atoms with Gasteiger partial charge in [0, 0.05) is 6.04 Å². The predicted molar refractivity (Wildman–Crippen MR) is 80.4 cm³/mol. The average molecular weight is 286 g/mol. The van der Waals surface area contributed by atoms with Gasteiger partial charge < -0.3 is 10.2 Å². The van der Waals surface area contributed by atoms with Crippen LogP contribution in [0.3, 0.4) is 0 Å². The van der Waals surface area contributed by atoms with Crippen LogP contribution in [0.5, 0.6) is 0 Å². The zero-order chi connectivity index (χ0) is 15.0. The second-order valence-corrected chi connectivity index (χ2v) is 6.14. The van der Waals surface area contributed by atoms with E-state index in [0.717, 1.165) is 24.8 Å². The van der Waals surface area contributed by atoms with Crippen molar-refractivity contribution in [2.75, 3.05) is 0 Å². The van der Waals surface area contributed by atoms with E-state index in [4.69, 9.17) is 0 Å². The Bertz CT molecular complexity index is 543. The van der Waals surface area contributed by atoms with E-state index in [1.807, 2.05) is 35.2 Å². The lowest BCUT2D eigenvalue weighted by Gasteiger charge is -2.38. The Morgan fingerprint density at radius 1 is 1.24 bits per heavy atom. The van der Waals surface area contributed by atoms with Gasteiger partial charge in [-0.1, -0.05) is 43.7 Å². The van der Waals surface area contributed by atoms with E-state index in [1.54, 1.807) is 6.92 Å². The van der Waals surface area contributed by atoms with Gasteiger partial charge in [-0.05, 0) is 31.2 Å². The van der Waals surface area contributed by atoms with Crippen molar-refractivity contribution in [3.63, 3.8) is 0 Å². The molecule has 2 aliphatic rings. The lowest BCUT2D eigenvalue weighted by atomic mass is 9.99. The van der Waals surface area contributed by atoms with Crippen molar-refractivity contribution in [1.29, 1.82) is 0 Å². The number of benzene rings is 1. The van der Waals surface area contributed by atoms with Crippen LogP contribution in [-0.4, -0.2) is 28.8 Å². The van der Waals surface area contributed by atoms with Crippen molar-refractivity contribution in [2.24, 2.45) is 5.92 Å². The molecule has 0 spiro atoms. The highest BCUT2D eigenvalue weighted by Crippen LogP contribution is 2.44. The molecule has 2 amide bonds. The van der Waals surface area contributed by atoms with Crippen LogP contribution in [0.15, 0.2) is 30.3 Å². The summed E-state index contributed by atoms with van der Waals surface area (Å²) in [7, 11) is 0. The number of carbonyl (C=O) groups excluding carboxylic acids is 2. The standard InChI is InChI=1S/C17H22N2O2/c1-3-7-13-10-14(13)19-15(12-8-5-4-6-9-12)16(20)18-11(2)17(19)21/h4-6,8-9,11,13-15H,3,7,10H2,1-2H3,(H,18,20). The highest BCUT2D eigenvalue weighted by atomic mass is 16.2. The first-order valence-corrected chi connectivity index (χ1v) is 7.81. The summed E-state index contributed by atoms with van der Waals surface area (Å²) in [6, 6.07) is 8.96. The van der Waals surface area contributed by atoms with Crippen LogP contribution in [0.4, 0.5) is 0 Å². The molecule has 1 saturated heterocycles. The predicted octanol–water partition coefficient (Wildman–Crippen LogP) is 2.26. The molecule has 0 radical (unpaired) electrons. The van der Waals surface area contributed by atoms with Crippen molar-refractivity contribution in [2.45, 2.75) is 51.2 Å². The van der Waals surface area contributed by atoms with Crippen LogP contribution in [0.25, 0.3) is 0 Å². The molecule has 4 atom stereocenters. The minimum atomic E-state index is -0.471. The Morgan fingerprint density at radius 3 is 2.62 bits per heavy atom. The van der Waals surface area contributed by atoms with Crippen molar-refractivity contribution < 1.29 is 9.59 Å². The number of amides is 2. The van der Waals surface area contributed by atoms with Gasteiger partial charge in [0.2, 0.25) is 11.8 Å². The topological polar surface area (TPSA) is 49.4 Å². The minimum Gasteiger partial charge on any atom is -0.342 e. The van der Waals surface area contributed by atoms with Crippen molar-refractivity contribution in [3.05, 3.63) is 35.9 Å². The maximum atomic E-state index is 12.6.